The van der Waals surface area contributed by atoms with Gasteiger partial charge in [-0.05, 0) is 24.3 Å². The van der Waals surface area contributed by atoms with Crippen molar-refractivity contribution in [1.82, 2.24) is 4.98 Å². The number of halogens is 3. The van der Waals surface area contributed by atoms with Gasteiger partial charge in [-0.15, -0.1) is 4.99 Å². The zero-order valence-electron chi connectivity index (χ0n) is 11.0. The first kappa shape index (κ1) is 15.3. The number of hydrogen-bond donors (Lipinski definition) is 1. The van der Waals surface area contributed by atoms with Crippen molar-refractivity contribution in [3.8, 4) is 11.9 Å². The predicted molar refractivity (Wildman–Crippen MR) is 73.0 cm³/mol. The molecule has 1 aromatic carbocycles. The normalized spacial score (nSPS) is 11.6. The Hall–Kier alpha value is -3.08. The molecule has 0 aliphatic carbocycles. The fraction of sp³-hybridized carbons (Fsp3) is 0.0714. The van der Waals surface area contributed by atoms with Gasteiger partial charge in [-0.25, -0.2) is 4.98 Å². The third-order valence-electron chi connectivity index (χ3n) is 2.41. The zero-order valence-corrected chi connectivity index (χ0v) is 11.0. The Kier molecular flexibility index (Phi) is 4.58. The smallest absolute Gasteiger partial charge is 0.425 e. The minimum Gasteiger partial charge on any atom is -0.425 e. The zero-order chi connectivity index (χ0) is 16.0. The Morgan fingerprint density at radius 1 is 1.18 bits per heavy atom. The molecule has 8 heteroatoms. The van der Waals surface area contributed by atoms with E-state index in [4.69, 9.17) is 10.00 Å². The number of anilines is 1. The average molecular weight is 306 g/mol. The van der Waals surface area contributed by atoms with Crippen molar-refractivity contribution in [2.75, 3.05) is 5.32 Å². The summed E-state index contributed by atoms with van der Waals surface area (Å²) in [5.41, 5.74) is -0.807. The second-order valence-corrected chi connectivity index (χ2v) is 3.99. The lowest BCUT2D eigenvalue weighted by atomic mass is 10.3. The fourth-order valence-electron chi connectivity index (χ4n) is 1.48. The third kappa shape index (κ3) is 4.21. The molecular formula is C14H9F3N4O. The summed E-state index contributed by atoms with van der Waals surface area (Å²) in [4.78, 5) is 6.71. The number of pyridine rings is 1. The first-order chi connectivity index (χ1) is 10.5. The molecule has 0 unspecified atom stereocenters. The van der Waals surface area contributed by atoms with Gasteiger partial charge in [0.25, 0.3) is 0 Å². The van der Waals surface area contributed by atoms with Crippen LogP contribution >= 0.6 is 0 Å². The molecule has 0 bridgehead atoms. The van der Waals surface area contributed by atoms with E-state index in [0.717, 1.165) is 18.3 Å². The number of aromatic nitrogens is 1. The molecule has 22 heavy (non-hydrogen) atoms. The van der Waals surface area contributed by atoms with Crippen molar-refractivity contribution in [2.45, 2.75) is 6.18 Å². The molecule has 2 aromatic rings. The molecule has 1 N–H and O–H groups in total. The first-order valence-electron chi connectivity index (χ1n) is 5.99. The highest BCUT2D eigenvalue weighted by Gasteiger charge is 2.32. The van der Waals surface area contributed by atoms with Gasteiger partial charge in [-0.3, -0.25) is 0 Å². The Bertz CT molecular complexity index is 691. The molecule has 0 radical (unpaired) electrons. The lowest BCUT2D eigenvalue weighted by Gasteiger charge is -2.10. The van der Waals surface area contributed by atoms with Gasteiger partial charge in [0.1, 0.15) is 11.4 Å². The predicted octanol–water partition coefficient (Wildman–Crippen LogP) is 3.43. The number of nitriles is 1. The van der Waals surface area contributed by atoms with E-state index in [1.807, 2.05) is 0 Å². The Balaban J connectivity index is 2.12. The van der Waals surface area contributed by atoms with Crippen molar-refractivity contribution in [1.29, 1.82) is 5.26 Å². The van der Waals surface area contributed by atoms with Crippen molar-refractivity contribution >= 4 is 11.7 Å². The molecule has 1 heterocycles. The molecule has 0 aliphatic heterocycles. The molecule has 2 rings (SSSR count). The van der Waals surface area contributed by atoms with Gasteiger partial charge in [0.2, 0.25) is 6.19 Å². The molecule has 5 nitrogen and oxygen atoms in total. The average Bonchev–Trinajstić information content (AvgIpc) is 2.48. The SMILES string of the molecule is N#C/N=C(/Nc1ccc(C(F)(F)F)nc1)Oc1ccccc1. The van der Waals surface area contributed by atoms with Gasteiger partial charge in [-0.1, -0.05) is 18.2 Å². The number of benzene rings is 1. The monoisotopic (exact) mass is 306 g/mol. The Morgan fingerprint density at radius 2 is 1.91 bits per heavy atom. The molecule has 0 aliphatic rings. The van der Waals surface area contributed by atoms with Crippen LogP contribution in [0, 0.1) is 11.5 Å². The van der Waals surface area contributed by atoms with E-state index in [1.165, 1.54) is 0 Å². The number of alkyl halides is 3. The highest BCUT2D eigenvalue weighted by Crippen LogP contribution is 2.27. The van der Waals surface area contributed by atoms with Crippen LogP contribution in [0.25, 0.3) is 0 Å². The van der Waals surface area contributed by atoms with Crippen LogP contribution in [-0.4, -0.2) is 11.0 Å². The summed E-state index contributed by atoms with van der Waals surface area (Å²) < 4.78 is 42.6. The highest BCUT2D eigenvalue weighted by molar-refractivity contribution is 5.91. The van der Waals surface area contributed by atoms with Crippen molar-refractivity contribution < 1.29 is 17.9 Å². The van der Waals surface area contributed by atoms with E-state index in [0.29, 0.717) is 5.75 Å². The summed E-state index contributed by atoms with van der Waals surface area (Å²) in [6.07, 6.45) is -1.99. The summed E-state index contributed by atoms with van der Waals surface area (Å²) in [6, 6.07) is 10.3. The van der Waals surface area contributed by atoms with E-state index in [-0.39, 0.29) is 11.7 Å². The van der Waals surface area contributed by atoms with Crippen molar-refractivity contribution in [2.24, 2.45) is 4.99 Å². The molecule has 0 atom stereocenters. The standard InChI is InChI=1S/C14H9F3N4O/c15-14(16,17)12-7-6-10(8-19-12)21-13(20-9-18)22-11-4-2-1-3-5-11/h1-8H,(H,20,21). The highest BCUT2D eigenvalue weighted by atomic mass is 19.4. The number of ether oxygens (including phenoxy) is 1. The first-order valence-corrected chi connectivity index (χ1v) is 5.99. The molecule has 0 fully saturated rings. The van der Waals surface area contributed by atoms with Crippen molar-refractivity contribution in [3.63, 3.8) is 0 Å². The van der Waals surface area contributed by atoms with E-state index < -0.39 is 11.9 Å². The molecule has 112 valence electrons. The van der Waals surface area contributed by atoms with Gasteiger partial charge < -0.3 is 10.1 Å². The number of hydrogen-bond acceptors (Lipinski definition) is 4. The number of amidine groups is 1. The largest absolute Gasteiger partial charge is 0.433 e. The van der Waals surface area contributed by atoms with E-state index in [9.17, 15) is 13.2 Å². The maximum absolute atomic E-state index is 12.4. The molecule has 0 saturated heterocycles. The number of nitrogens with zero attached hydrogens (tertiary/aromatic N) is 3. The summed E-state index contributed by atoms with van der Waals surface area (Å²) in [5.74, 6) is 0.420. The van der Waals surface area contributed by atoms with Gasteiger partial charge in [0.15, 0.2) is 0 Å². The molecule has 0 spiro atoms. The lowest BCUT2D eigenvalue weighted by Crippen LogP contribution is -2.19. The second-order valence-electron chi connectivity index (χ2n) is 3.99. The van der Waals surface area contributed by atoms with E-state index in [1.54, 1.807) is 36.5 Å². The lowest BCUT2D eigenvalue weighted by molar-refractivity contribution is -0.141. The van der Waals surface area contributed by atoms with Crippen LogP contribution in [0.15, 0.2) is 53.7 Å². The molecule has 0 amide bonds. The molecule has 0 saturated carbocycles. The number of aliphatic imine (C=N–C) groups is 1. The van der Waals surface area contributed by atoms with Crippen LogP contribution in [0.5, 0.6) is 5.75 Å². The summed E-state index contributed by atoms with van der Waals surface area (Å²) in [6.45, 7) is 0. The topological polar surface area (TPSA) is 70.3 Å². The van der Waals surface area contributed by atoms with Crippen molar-refractivity contribution in [3.05, 3.63) is 54.4 Å². The third-order valence-corrected chi connectivity index (χ3v) is 2.41. The van der Waals surface area contributed by atoms with Crippen LogP contribution in [0.4, 0.5) is 18.9 Å². The summed E-state index contributed by atoms with van der Waals surface area (Å²) >= 11 is 0. The minimum atomic E-state index is -4.51. The van der Waals surface area contributed by atoms with Crippen LogP contribution in [0.3, 0.4) is 0 Å². The quantitative estimate of drug-likeness (QED) is 0.524. The van der Waals surface area contributed by atoms with Gasteiger partial charge in [0.05, 0.1) is 11.9 Å². The van der Waals surface area contributed by atoms with Gasteiger partial charge in [0, 0.05) is 0 Å². The molecule has 1 aromatic heterocycles. The molecular weight excluding hydrogens is 297 g/mol. The van der Waals surface area contributed by atoms with Crippen LogP contribution in [0.1, 0.15) is 5.69 Å². The summed E-state index contributed by atoms with van der Waals surface area (Å²) in [5, 5.41) is 11.2. The maximum Gasteiger partial charge on any atom is 0.433 e. The van der Waals surface area contributed by atoms with Crippen LogP contribution in [-0.2, 0) is 6.18 Å². The maximum atomic E-state index is 12.4. The van der Waals surface area contributed by atoms with Gasteiger partial charge in [-0.2, -0.15) is 18.4 Å². The van der Waals surface area contributed by atoms with Crippen LogP contribution < -0.4 is 10.1 Å². The fourth-order valence-corrected chi connectivity index (χ4v) is 1.48. The minimum absolute atomic E-state index is 0.171. The second kappa shape index (κ2) is 6.58. The Morgan fingerprint density at radius 3 is 2.45 bits per heavy atom. The van der Waals surface area contributed by atoms with E-state index in [2.05, 4.69) is 15.3 Å². The summed E-state index contributed by atoms with van der Waals surface area (Å²) in [7, 11) is 0. The van der Waals surface area contributed by atoms with Crippen LogP contribution in [0.2, 0.25) is 0 Å². The number of rotatable bonds is 2. The number of nitrogens with one attached hydrogen (secondary N) is 1. The van der Waals surface area contributed by atoms with E-state index >= 15 is 0 Å². The number of para-hydroxylation sites is 1. The van der Waals surface area contributed by atoms with Gasteiger partial charge >= 0.3 is 12.2 Å². The Labute approximate surface area is 123 Å².